The summed E-state index contributed by atoms with van der Waals surface area (Å²) in [6, 6.07) is 0. The van der Waals surface area contributed by atoms with Crippen LogP contribution in [0.2, 0.25) is 0 Å². The Morgan fingerprint density at radius 1 is 0.875 bits per heavy atom. The van der Waals surface area contributed by atoms with Crippen LogP contribution in [0.4, 0.5) is 0 Å². The van der Waals surface area contributed by atoms with E-state index in [0.29, 0.717) is 0 Å². The number of ether oxygens (including phenoxy) is 5. The second kappa shape index (κ2) is 8.62. The van der Waals surface area contributed by atoms with E-state index in [-0.39, 0.29) is 6.61 Å². The van der Waals surface area contributed by atoms with Gasteiger partial charge in [-0.15, -0.1) is 0 Å². The molecule has 1 aliphatic rings. The Labute approximate surface area is 139 Å². The quantitative estimate of drug-likeness (QED) is 0.489. The van der Waals surface area contributed by atoms with E-state index in [1.165, 1.54) is 27.7 Å². The first-order valence-electron chi connectivity index (χ1n) is 7.42. The number of carbonyl (C=O) groups excluding carboxylic acids is 4. The predicted octanol–water partition coefficient (Wildman–Crippen LogP) is 0.132. The van der Waals surface area contributed by atoms with Crippen molar-refractivity contribution in [2.75, 3.05) is 6.61 Å². The Balaban J connectivity index is 3.03. The van der Waals surface area contributed by atoms with Gasteiger partial charge in [-0.2, -0.15) is 0 Å². The monoisotopic (exact) mass is 346 g/mol. The largest absolute Gasteiger partial charge is 0.462 e. The molecule has 0 aliphatic carbocycles. The molecule has 0 aromatic heterocycles. The lowest BCUT2D eigenvalue weighted by molar-refractivity contribution is -0.176. The molecule has 0 N–H and O–H groups in total. The topological polar surface area (TPSA) is 114 Å². The van der Waals surface area contributed by atoms with Gasteiger partial charge in [-0.25, -0.2) is 0 Å². The highest BCUT2D eigenvalue weighted by Crippen LogP contribution is 2.30. The van der Waals surface area contributed by atoms with Crippen molar-refractivity contribution in [3.63, 3.8) is 0 Å². The maximum absolute atomic E-state index is 11.4. The zero-order valence-corrected chi connectivity index (χ0v) is 14.3. The summed E-state index contributed by atoms with van der Waals surface area (Å²) in [5.41, 5.74) is 0. The zero-order valence-electron chi connectivity index (χ0n) is 14.3. The van der Waals surface area contributed by atoms with Crippen molar-refractivity contribution in [2.45, 2.75) is 65.1 Å². The van der Waals surface area contributed by atoms with Crippen LogP contribution in [0.15, 0.2) is 0 Å². The molecule has 0 aromatic rings. The van der Waals surface area contributed by atoms with Crippen LogP contribution in [-0.4, -0.2) is 61.0 Å². The van der Waals surface area contributed by atoms with Crippen molar-refractivity contribution in [3.8, 4) is 0 Å². The molecule has 0 amide bonds. The van der Waals surface area contributed by atoms with E-state index in [0.717, 1.165) is 0 Å². The van der Waals surface area contributed by atoms with Crippen LogP contribution < -0.4 is 0 Å². The summed E-state index contributed by atoms with van der Waals surface area (Å²) in [6.07, 6.45) is -4.44. The van der Waals surface area contributed by atoms with E-state index < -0.39 is 54.4 Å². The van der Waals surface area contributed by atoms with Gasteiger partial charge in [0.1, 0.15) is 12.7 Å². The third-order valence-electron chi connectivity index (χ3n) is 3.22. The van der Waals surface area contributed by atoms with Crippen LogP contribution in [0.3, 0.4) is 0 Å². The number of rotatable bonds is 6. The van der Waals surface area contributed by atoms with Gasteiger partial charge in [-0.05, 0) is 6.92 Å². The molecule has 1 saturated heterocycles. The molecular formula is C15H22O9. The van der Waals surface area contributed by atoms with Gasteiger partial charge in [0.25, 0.3) is 0 Å². The second-order valence-electron chi connectivity index (χ2n) is 5.40. The standard InChI is InChI=1S/C15H22O9/c1-7-13(23-10(4)18)15(24-11(5)19)14(21-7)12(22-9(3)17)6-20-8(2)16/h7,12-15H,6H2,1-5H3/t7?,12?,13-,14?,15+/m0/s1. The normalized spacial score (nSPS) is 27.0. The highest BCUT2D eigenvalue weighted by molar-refractivity contribution is 5.68. The molecule has 136 valence electrons. The van der Waals surface area contributed by atoms with Gasteiger partial charge in [0.05, 0.1) is 6.10 Å². The van der Waals surface area contributed by atoms with E-state index in [2.05, 4.69) is 0 Å². The number of esters is 4. The SMILES string of the molecule is CC(=O)OCC(OC(C)=O)C1OC(C)[C@H](OC(C)=O)[C@H]1OC(C)=O. The minimum Gasteiger partial charge on any atom is -0.462 e. The molecule has 9 nitrogen and oxygen atoms in total. The molecule has 0 aromatic carbocycles. The van der Waals surface area contributed by atoms with Gasteiger partial charge in [0, 0.05) is 27.7 Å². The second-order valence-corrected chi connectivity index (χ2v) is 5.40. The molecule has 9 heteroatoms. The molecule has 1 aliphatic heterocycles. The first-order chi connectivity index (χ1) is 11.1. The maximum atomic E-state index is 11.4. The van der Waals surface area contributed by atoms with Crippen molar-refractivity contribution in [3.05, 3.63) is 0 Å². The Morgan fingerprint density at radius 2 is 1.42 bits per heavy atom. The smallest absolute Gasteiger partial charge is 0.303 e. The highest BCUT2D eigenvalue weighted by Gasteiger charge is 2.51. The third-order valence-corrected chi connectivity index (χ3v) is 3.22. The van der Waals surface area contributed by atoms with E-state index >= 15 is 0 Å². The fourth-order valence-electron chi connectivity index (χ4n) is 2.44. The maximum Gasteiger partial charge on any atom is 0.303 e. The molecule has 3 unspecified atom stereocenters. The van der Waals surface area contributed by atoms with Crippen LogP contribution in [0.5, 0.6) is 0 Å². The molecule has 0 spiro atoms. The average molecular weight is 346 g/mol. The fraction of sp³-hybridized carbons (Fsp3) is 0.733. The van der Waals surface area contributed by atoms with Crippen LogP contribution in [0.1, 0.15) is 34.6 Å². The summed E-state index contributed by atoms with van der Waals surface area (Å²) in [5, 5.41) is 0. The minimum atomic E-state index is -1.02. The van der Waals surface area contributed by atoms with Crippen LogP contribution in [0.25, 0.3) is 0 Å². The number of hydrogen-bond donors (Lipinski definition) is 0. The molecule has 0 bridgehead atoms. The lowest BCUT2D eigenvalue weighted by atomic mass is 10.0. The Kier molecular flexibility index (Phi) is 7.15. The average Bonchev–Trinajstić information content (AvgIpc) is 2.70. The van der Waals surface area contributed by atoms with Crippen molar-refractivity contribution in [1.82, 2.24) is 0 Å². The van der Waals surface area contributed by atoms with Crippen molar-refractivity contribution in [1.29, 1.82) is 0 Å². The summed E-state index contributed by atoms with van der Waals surface area (Å²) in [6.45, 7) is 6.14. The van der Waals surface area contributed by atoms with E-state index in [1.54, 1.807) is 6.92 Å². The van der Waals surface area contributed by atoms with Gasteiger partial charge < -0.3 is 23.7 Å². The lowest BCUT2D eigenvalue weighted by Crippen LogP contribution is -2.46. The van der Waals surface area contributed by atoms with Crippen LogP contribution >= 0.6 is 0 Å². The van der Waals surface area contributed by atoms with Crippen molar-refractivity contribution >= 4 is 23.9 Å². The summed E-state index contributed by atoms with van der Waals surface area (Å²) < 4.78 is 26.0. The zero-order chi connectivity index (χ0) is 18.4. The molecule has 0 radical (unpaired) electrons. The Bertz CT molecular complexity index is 501. The molecule has 1 heterocycles. The molecular weight excluding hydrogens is 324 g/mol. The number of hydrogen-bond acceptors (Lipinski definition) is 9. The third kappa shape index (κ3) is 5.80. The van der Waals surface area contributed by atoms with E-state index in [1.807, 2.05) is 0 Å². The summed E-state index contributed by atoms with van der Waals surface area (Å²) in [4.78, 5) is 45.0. The summed E-state index contributed by atoms with van der Waals surface area (Å²) in [7, 11) is 0. The van der Waals surface area contributed by atoms with Crippen LogP contribution in [0, 0.1) is 0 Å². The van der Waals surface area contributed by atoms with Gasteiger partial charge in [0.2, 0.25) is 0 Å². The fourth-order valence-corrected chi connectivity index (χ4v) is 2.44. The van der Waals surface area contributed by atoms with Crippen molar-refractivity contribution < 1.29 is 42.9 Å². The minimum absolute atomic E-state index is 0.281. The molecule has 1 fully saturated rings. The van der Waals surface area contributed by atoms with Gasteiger partial charge in [-0.3, -0.25) is 19.2 Å². The molecule has 5 atom stereocenters. The summed E-state index contributed by atoms with van der Waals surface area (Å²) >= 11 is 0. The van der Waals surface area contributed by atoms with E-state index in [9.17, 15) is 19.2 Å². The van der Waals surface area contributed by atoms with E-state index in [4.69, 9.17) is 23.7 Å². The van der Waals surface area contributed by atoms with Gasteiger partial charge >= 0.3 is 23.9 Å². The molecule has 1 rings (SSSR count). The molecule has 0 saturated carbocycles. The molecule has 24 heavy (non-hydrogen) atoms. The Morgan fingerprint density at radius 3 is 1.88 bits per heavy atom. The van der Waals surface area contributed by atoms with Crippen molar-refractivity contribution in [2.24, 2.45) is 0 Å². The lowest BCUT2D eigenvalue weighted by Gasteiger charge is -2.27. The summed E-state index contributed by atoms with van der Waals surface area (Å²) in [5.74, 6) is -2.38. The number of carbonyl (C=O) groups is 4. The highest BCUT2D eigenvalue weighted by atomic mass is 16.7. The predicted molar refractivity (Wildman–Crippen MR) is 77.6 cm³/mol. The first kappa shape index (κ1) is 19.9. The van der Waals surface area contributed by atoms with Gasteiger partial charge in [0.15, 0.2) is 18.3 Å². The Hall–Kier alpha value is -2.16. The van der Waals surface area contributed by atoms with Gasteiger partial charge in [-0.1, -0.05) is 0 Å². The van der Waals surface area contributed by atoms with Crippen LogP contribution in [-0.2, 0) is 42.9 Å². The first-order valence-corrected chi connectivity index (χ1v) is 7.42.